The van der Waals surface area contributed by atoms with Gasteiger partial charge in [-0.3, -0.25) is 9.36 Å². The molecule has 0 bridgehead atoms. The third kappa shape index (κ3) is 15.6. The largest absolute Gasteiger partial charge is 0.361 e. The van der Waals surface area contributed by atoms with E-state index in [0.717, 1.165) is 277 Å². The van der Waals surface area contributed by atoms with Gasteiger partial charge in [0.25, 0.3) is 5.56 Å². The second kappa shape index (κ2) is 32.5. The number of nitrogens with one attached hydrogen (secondary N) is 6. The van der Waals surface area contributed by atoms with E-state index in [4.69, 9.17) is 52.6 Å². The summed E-state index contributed by atoms with van der Waals surface area (Å²) < 4.78 is 33.3. The summed E-state index contributed by atoms with van der Waals surface area (Å²) in [5, 5.41) is 26.4. The number of hydrogen-bond donors (Lipinski definition) is 6. The van der Waals surface area contributed by atoms with Crippen molar-refractivity contribution in [3.8, 4) is 94.3 Å². The molecule has 131 heavy (non-hydrogen) atoms. The molecule has 29 heteroatoms. The third-order valence-corrected chi connectivity index (χ3v) is 27.3. The van der Waals surface area contributed by atoms with Gasteiger partial charge < -0.3 is 57.1 Å². The quantitative estimate of drug-likeness (QED) is 0.0555. The highest BCUT2D eigenvalue weighted by atomic mass is 32.1. The third-order valence-electron chi connectivity index (χ3n) is 26.2. The van der Waals surface area contributed by atoms with Crippen molar-refractivity contribution < 1.29 is 22.6 Å². The molecular weight excluding hydrogens is 1660 g/mol. The van der Waals surface area contributed by atoms with Crippen LogP contribution in [0.3, 0.4) is 0 Å². The molecule has 28 nitrogen and oxygen atoms in total. The van der Waals surface area contributed by atoms with Gasteiger partial charge in [-0.25, -0.2) is 39.6 Å². The second-order valence-corrected chi connectivity index (χ2v) is 37.8. The molecule has 5 aromatic carbocycles. The van der Waals surface area contributed by atoms with Gasteiger partial charge in [-0.2, -0.15) is 5.10 Å². The molecule has 0 radical (unpaired) electrons. The lowest BCUT2D eigenvalue weighted by molar-refractivity contribution is 0.393. The molecule has 20 aromatic rings. The van der Waals surface area contributed by atoms with E-state index in [0.29, 0.717) is 35.2 Å². The molecular formula is C102H104N22O6S. The van der Waals surface area contributed by atoms with Crippen LogP contribution in [0.15, 0.2) is 125 Å². The number of pyridine rings is 1. The van der Waals surface area contributed by atoms with Crippen LogP contribution < -0.4 is 5.56 Å². The average molecular weight is 1770 g/mol. The van der Waals surface area contributed by atoms with Crippen molar-refractivity contribution in [2.75, 3.05) is 0 Å². The van der Waals surface area contributed by atoms with E-state index in [1.165, 1.54) is 67.5 Å². The first-order chi connectivity index (χ1) is 63.1. The fourth-order valence-corrected chi connectivity index (χ4v) is 19.7. The van der Waals surface area contributed by atoms with E-state index >= 15 is 0 Å². The van der Waals surface area contributed by atoms with Gasteiger partial charge in [-0.1, -0.05) is 25.8 Å². The SMILES string of the molecule is Cc1cc(C)n(-c2cc(-c3c(C)noc3C)cc3[nH]c(C4CC4)nc23)n1.Cc1cc[nH]c(=O)c1-c1cc(-c2c(C)noc2C)cc2[nH]c(C3CC3)nc12.Cc1ccn(-c2cc(-c3c(C)noc3C)cc3[nH]c(C4CC4)nc23)c1C.Cc1nc(C)c(-c2cc(-c3c(C)noc3C)cc3[nH]c(C4CC4)nc23)s1.Cc1noc(C)c1-c1cc(-n2c(C)cnc2C)c2nc(C3CC3)[nH]c2c1. The maximum Gasteiger partial charge on any atom is 0.256 e. The molecule has 0 spiro atoms. The summed E-state index contributed by atoms with van der Waals surface area (Å²) in [4.78, 5) is 68.0. The Hall–Kier alpha value is -14.2. The molecule has 5 saturated carbocycles. The number of benzene rings is 5. The van der Waals surface area contributed by atoms with Crippen molar-refractivity contribution in [1.82, 2.24) is 109 Å². The van der Waals surface area contributed by atoms with Crippen molar-refractivity contribution in [2.24, 2.45) is 0 Å². The second-order valence-electron chi connectivity index (χ2n) is 36.6. The molecule has 0 aliphatic heterocycles. The van der Waals surface area contributed by atoms with E-state index in [1.807, 2.05) is 113 Å². The fraction of sp³-hybridized carbons (Fsp3) is 0.333. The zero-order chi connectivity index (χ0) is 90.7. The van der Waals surface area contributed by atoms with Gasteiger partial charge in [0.2, 0.25) is 0 Å². The number of rotatable bonds is 15. The first kappa shape index (κ1) is 83.7. The van der Waals surface area contributed by atoms with E-state index in [1.54, 1.807) is 17.5 Å². The van der Waals surface area contributed by atoms with Crippen molar-refractivity contribution in [2.45, 2.75) is 225 Å². The molecule has 15 aromatic heterocycles. The number of H-pyrrole nitrogens is 6. The first-order valence-corrected chi connectivity index (χ1v) is 46.1. The van der Waals surface area contributed by atoms with Gasteiger partial charge in [0.15, 0.2) is 0 Å². The Bertz CT molecular complexity index is 7480. The Labute approximate surface area is 758 Å². The molecule has 15 heterocycles. The molecule has 25 rings (SSSR count). The van der Waals surface area contributed by atoms with Gasteiger partial charge in [-0.15, -0.1) is 11.3 Å². The lowest BCUT2D eigenvalue weighted by Gasteiger charge is -2.11. The highest BCUT2D eigenvalue weighted by molar-refractivity contribution is 7.15. The van der Waals surface area contributed by atoms with Crippen molar-refractivity contribution in [3.63, 3.8) is 0 Å². The topological polar surface area (TPSA) is 360 Å². The maximum atomic E-state index is 12.6. The molecule has 0 amide bonds. The minimum absolute atomic E-state index is 0.108. The zero-order valence-electron chi connectivity index (χ0n) is 77.2. The molecule has 5 aliphatic carbocycles. The Morgan fingerprint density at radius 3 is 1.08 bits per heavy atom. The summed E-state index contributed by atoms with van der Waals surface area (Å²) in [5.74, 6) is 13.3. The van der Waals surface area contributed by atoms with E-state index in [-0.39, 0.29) is 5.56 Å². The molecule has 0 unspecified atom stereocenters. The number of hydrogen-bond acceptors (Lipinski definition) is 20. The lowest BCUT2D eigenvalue weighted by Crippen LogP contribution is -2.10. The molecule has 0 atom stereocenters. The highest BCUT2D eigenvalue weighted by Gasteiger charge is 2.35. The summed E-state index contributed by atoms with van der Waals surface area (Å²) in [5.41, 5.74) is 38.4. The Morgan fingerprint density at radius 2 is 0.733 bits per heavy atom. The van der Waals surface area contributed by atoms with E-state index in [2.05, 4.69) is 189 Å². The molecule has 6 N–H and O–H groups in total. The summed E-state index contributed by atoms with van der Waals surface area (Å²) in [6.45, 7) is 38.1. The van der Waals surface area contributed by atoms with Crippen LogP contribution in [0.1, 0.15) is 231 Å². The summed E-state index contributed by atoms with van der Waals surface area (Å²) in [6.07, 6.45) is 17.8. The normalized spacial score (nSPS) is 14.4. The van der Waals surface area contributed by atoms with Crippen LogP contribution in [0.2, 0.25) is 0 Å². The molecule has 664 valence electrons. The summed E-state index contributed by atoms with van der Waals surface area (Å²) in [7, 11) is 0. The number of aromatic amines is 6. The van der Waals surface area contributed by atoms with Crippen molar-refractivity contribution in [1.29, 1.82) is 0 Å². The predicted molar refractivity (Wildman–Crippen MR) is 509 cm³/mol. The lowest BCUT2D eigenvalue weighted by atomic mass is 9.95. The van der Waals surface area contributed by atoms with Crippen LogP contribution in [0.5, 0.6) is 0 Å². The number of thiazole rings is 1. The summed E-state index contributed by atoms with van der Waals surface area (Å²) >= 11 is 1.73. The van der Waals surface area contributed by atoms with Crippen LogP contribution in [0.25, 0.3) is 149 Å². The molecule has 5 fully saturated rings. The number of fused-ring (bicyclic) bond motifs is 5. The van der Waals surface area contributed by atoms with Gasteiger partial charge in [0.1, 0.15) is 80.3 Å². The van der Waals surface area contributed by atoms with E-state index in [9.17, 15) is 4.79 Å². The minimum atomic E-state index is -0.108. The van der Waals surface area contributed by atoms with Gasteiger partial charge in [0, 0.05) is 104 Å². The van der Waals surface area contributed by atoms with Crippen molar-refractivity contribution >= 4 is 66.5 Å². The van der Waals surface area contributed by atoms with Crippen LogP contribution in [0.4, 0.5) is 0 Å². The highest BCUT2D eigenvalue weighted by Crippen LogP contribution is 2.49. The first-order valence-electron chi connectivity index (χ1n) is 45.3. The molecule has 5 aliphatic rings. The van der Waals surface area contributed by atoms with Crippen LogP contribution in [-0.4, -0.2) is 109 Å². The Balaban J connectivity index is 0.0000000989. The molecule has 0 saturated heterocycles. The number of nitrogens with zero attached hydrogens (tertiary/aromatic N) is 16. The van der Waals surface area contributed by atoms with Gasteiger partial charge in [0.05, 0.1) is 111 Å². The standard InChI is InChI=1S/C21H20N4O2.C21H22N4O.2C20H21N5O.C20H20N4OS/c1-10-6-7-22-21(26)17(10)15-8-14(18-11(2)25-27-12(18)3)9-16-19(15)24-20(23-16)13-4-5-13;1-11-7-8-25(13(11)3)18-10-16(19-12(2)24-26-14(19)4)9-17-20(18)23-21(22-17)15-5-6-15;1-10-9-21-13(4)25(10)17-8-15(18-11(2)24-26-12(18)3)7-16-19(17)23-20(22-16)14-5-6-14;1-10-7-11(2)25(23-10)17-9-15(18-12(3)24-26-13(18)4)8-16-19(17)22-20(21-16)14-5-6-14;1-9-17(11(3)25-24-9)14-7-15(19-10(2)21-12(4)26-19)18-16(8-14)22-20(23-18)13-5-6-13/h6-9,13H,4-5H2,1-3H3,(H,22,26)(H,23,24);7-10,15H,5-6H2,1-4H3,(H,22,23);7-9,14H,5-6H2,1-4H3,(H,22,23);7-9,14H,5-6H2,1-4H3,(H,21,22);7-8,13H,5-6H2,1-4H3,(H,22,23). The Kier molecular flexibility index (Phi) is 20.7. The van der Waals surface area contributed by atoms with Gasteiger partial charge >= 0.3 is 0 Å². The van der Waals surface area contributed by atoms with Crippen LogP contribution in [0, 0.1) is 132 Å². The average Bonchev–Trinajstić information content (AvgIpc) is 1.63. The van der Waals surface area contributed by atoms with E-state index < -0.39 is 0 Å². The van der Waals surface area contributed by atoms with Crippen LogP contribution in [-0.2, 0) is 0 Å². The van der Waals surface area contributed by atoms with Crippen LogP contribution >= 0.6 is 11.3 Å². The number of aryl methyl sites for hydroxylation is 18. The van der Waals surface area contributed by atoms with Gasteiger partial charge in [-0.05, 0) is 314 Å². The Morgan fingerprint density at radius 1 is 0.366 bits per heavy atom. The minimum Gasteiger partial charge on any atom is -0.361 e. The van der Waals surface area contributed by atoms with Crippen molar-refractivity contribution in [3.05, 3.63) is 245 Å². The number of aromatic nitrogens is 22. The monoisotopic (exact) mass is 1760 g/mol. The maximum absolute atomic E-state index is 12.6. The smallest absolute Gasteiger partial charge is 0.256 e. The summed E-state index contributed by atoms with van der Waals surface area (Å²) in [6, 6.07) is 27.7. The predicted octanol–water partition coefficient (Wildman–Crippen LogP) is 24.0. The number of imidazole rings is 6. The zero-order valence-corrected chi connectivity index (χ0v) is 78.0. The fourth-order valence-electron chi connectivity index (χ4n) is 18.8.